The summed E-state index contributed by atoms with van der Waals surface area (Å²) in [4.78, 5) is 23.5. The molecule has 0 aromatic carbocycles. The molecule has 0 unspecified atom stereocenters. The van der Waals surface area contributed by atoms with E-state index >= 15 is 0 Å². The predicted molar refractivity (Wildman–Crippen MR) is 77.5 cm³/mol. The molecule has 2 aliphatic rings. The Bertz CT molecular complexity index is 559. The third-order valence-corrected chi connectivity index (χ3v) is 4.36. The molecule has 2 N–H and O–H groups in total. The number of carbonyl (C=O) groups is 2. The average molecular weight is 307 g/mol. The topological polar surface area (TPSA) is 93.5 Å². The van der Waals surface area contributed by atoms with Gasteiger partial charge in [0.15, 0.2) is 0 Å². The molecule has 1 saturated carbocycles. The summed E-state index contributed by atoms with van der Waals surface area (Å²) in [5.74, 6) is -0.485. The van der Waals surface area contributed by atoms with E-state index in [-0.39, 0.29) is 12.3 Å². The predicted octanol–water partition coefficient (Wildman–Crippen LogP) is 1.05. The quantitative estimate of drug-likeness (QED) is 0.819. The Labute approximate surface area is 128 Å². The smallest absolute Gasteiger partial charge is 0.305 e. The molecule has 1 aliphatic heterocycles. The maximum Gasteiger partial charge on any atom is 0.305 e. The molecule has 1 aromatic heterocycles. The van der Waals surface area contributed by atoms with Crippen LogP contribution in [0.25, 0.3) is 0 Å². The van der Waals surface area contributed by atoms with Crippen molar-refractivity contribution in [1.29, 1.82) is 0 Å². The number of aliphatic carboxylic acids is 1. The molecular weight excluding hydrogens is 286 g/mol. The molecule has 7 heteroatoms. The SMILES string of the molecule is O=C(O)CC1(NC(=O)c2cnn(CC3CC3)c2)CCOCC1. The fourth-order valence-corrected chi connectivity index (χ4v) is 2.86. The fraction of sp³-hybridized carbons (Fsp3) is 0.667. The summed E-state index contributed by atoms with van der Waals surface area (Å²) in [7, 11) is 0. The molecule has 1 aliphatic carbocycles. The zero-order valence-corrected chi connectivity index (χ0v) is 12.5. The molecule has 0 radical (unpaired) electrons. The molecule has 1 saturated heterocycles. The second-order valence-electron chi connectivity index (χ2n) is 6.31. The number of rotatable bonds is 6. The van der Waals surface area contributed by atoms with Gasteiger partial charge in [-0.3, -0.25) is 14.3 Å². The zero-order chi connectivity index (χ0) is 15.6. The molecule has 2 heterocycles. The number of carbonyl (C=O) groups excluding carboxylic acids is 1. The van der Waals surface area contributed by atoms with Gasteiger partial charge < -0.3 is 15.2 Å². The minimum atomic E-state index is -0.911. The molecule has 0 atom stereocenters. The van der Waals surface area contributed by atoms with Gasteiger partial charge in [0.1, 0.15) is 0 Å². The highest BCUT2D eigenvalue weighted by Gasteiger charge is 2.36. The van der Waals surface area contributed by atoms with Crippen LogP contribution >= 0.6 is 0 Å². The first-order chi connectivity index (χ1) is 10.6. The molecule has 1 aromatic rings. The van der Waals surface area contributed by atoms with Crippen molar-refractivity contribution >= 4 is 11.9 Å². The van der Waals surface area contributed by atoms with E-state index in [4.69, 9.17) is 9.84 Å². The van der Waals surface area contributed by atoms with Gasteiger partial charge in [-0.2, -0.15) is 5.10 Å². The monoisotopic (exact) mass is 307 g/mol. The van der Waals surface area contributed by atoms with Gasteiger partial charge in [0.05, 0.1) is 23.7 Å². The van der Waals surface area contributed by atoms with E-state index in [0.29, 0.717) is 37.5 Å². The largest absolute Gasteiger partial charge is 0.481 e. The van der Waals surface area contributed by atoms with Gasteiger partial charge in [0.25, 0.3) is 5.91 Å². The van der Waals surface area contributed by atoms with E-state index in [1.807, 2.05) is 0 Å². The normalized spacial score (nSPS) is 20.5. The number of nitrogens with one attached hydrogen (secondary N) is 1. The Morgan fingerprint density at radius 3 is 2.77 bits per heavy atom. The summed E-state index contributed by atoms with van der Waals surface area (Å²) in [5.41, 5.74) is -0.239. The molecule has 2 fully saturated rings. The summed E-state index contributed by atoms with van der Waals surface area (Å²) in [6.07, 6.45) is 6.68. The van der Waals surface area contributed by atoms with Crippen molar-refractivity contribution in [1.82, 2.24) is 15.1 Å². The molecule has 0 bridgehead atoms. The second-order valence-corrected chi connectivity index (χ2v) is 6.31. The van der Waals surface area contributed by atoms with Crippen LogP contribution in [0.5, 0.6) is 0 Å². The van der Waals surface area contributed by atoms with Crippen LogP contribution < -0.4 is 5.32 Å². The first-order valence-electron chi connectivity index (χ1n) is 7.71. The summed E-state index contributed by atoms with van der Waals surface area (Å²) >= 11 is 0. The van der Waals surface area contributed by atoms with Crippen molar-refractivity contribution < 1.29 is 19.4 Å². The minimum absolute atomic E-state index is 0.0850. The van der Waals surface area contributed by atoms with Crippen molar-refractivity contribution in [3.63, 3.8) is 0 Å². The number of amides is 1. The van der Waals surface area contributed by atoms with Gasteiger partial charge in [0.2, 0.25) is 0 Å². The van der Waals surface area contributed by atoms with Crippen molar-refractivity contribution in [2.75, 3.05) is 13.2 Å². The zero-order valence-electron chi connectivity index (χ0n) is 12.5. The average Bonchev–Trinajstić information content (AvgIpc) is 3.13. The van der Waals surface area contributed by atoms with Gasteiger partial charge >= 0.3 is 5.97 Å². The van der Waals surface area contributed by atoms with Gasteiger partial charge in [0, 0.05) is 26.0 Å². The highest BCUT2D eigenvalue weighted by atomic mass is 16.5. The summed E-state index contributed by atoms with van der Waals surface area (Å²) in [5, 5.41) is 16.2. The number of carboxylic acids is 1. The molecule has 120 valence electrons. The van der Waals surface area contributed by atoms with Crippen molar-refractivity contribution in [2.24, 2.45) is 5.92 Å². The molecule has 7 nitrogen and oxygen atoms in total. The summed E-state index contributed by atoms with van der Waals surface area (Å²) in [6, 6.07) is 0. The van der Waals surface area contributed by atoms with Gasteiger partial charge in [-0.1, -0.05) is 0 Å². The molecule has 0 spiro atoms. The number of aromatic nitrogens is 2. The lowest BCUT2D eigenvalue weighted by molar-refractivity contribution is -0.139. The van der Waals surface area contributed by atoms with E-state index in [2.05, 4.69) is 10.4 Å². The van der Waals surface area contributed by atoms with Crippen LogP contribution in [0.3, 0.4) is 0 Å². The van der Waals surface area contributed by atoms with Crippen LogP contribution in [0, 0.1) is 5.92 Å². The number of carboxylic acid groups (broad SMARTS) is 1. The van der Waals surface area contributed by atoms with Crippen molar-refractivity contribution in [2.45, 2.75) is 44.2 Å². The van der Waals surface area contributed by atoms with Crippen LogP contribution in [0.1, 0.15) is 42.5 Å². The highest BCUT2D eigenvalue weighted by Crippen LogP contribution is 2.30. The third kappa shape index (κ3) is 3.65. The standard InChI is InChI=1S/C15H21N3O4/c19-13(20)7-15(3-5-22-6-4-15)17-14(21)12-8-16-18(10-12)9-11-1-2-11/h8,10-11H,1-7,9H2,(H,17,21)(H,19,20). The van der Waals surface area contributed by atoms with Gasteiger partial charge in [-0.25, -0.2) is 0 Å². The minimum Gasteiger partial charge on any atom is -0.481 e. The Balaban J connectivity index is 1.66. The number of ether oxygens (including phenoxy) is 1. The first kappa shape index (κ1) is 15.0. The Morgan fingerprint density at radius 2 is 2.14 bits per heavy atom. The Hall–Kier alpha value is -1.89. The van der Waals surface area contributed by atoms with Crippen LogP contribution in [-0.2, 0) is 16.1 Å². The first-order valence-corrected chi connectivity index (χ1v) is 7.71. The van der Waals surface area contributed by atoms with Crippen molar-refractivity contribution in [3.05, 3.63) is 18.0 Å². The van der Waals surface area contributed by atoms with Crippen LogP contribution in [0.2, 0.25) is 0 Å². The van der Waals surface area contributed by atoms with Crippen LogP contribution in [0.4, 0.5) is 0 Å². The molecule has 3 rings (SSSR count). The van der Waals surface area contributed by atoms with Crippen molar-refractivity contribution in [3.8, 4) is 0 Å². The Kier molecular flexibility index (Phi) is 4.15. The van der Waals surface area contributed by atoms with Gasteiger partial charge in [-0.05, 0) is 31.6 Å². The lowest BCUT2D eigenvalue weighted by Crippen LogP contribution is -2.53. The fourth-order valence-electron chi connectivity index (χ4n) is 2.86. The number of hydrogen-bond donors (Lipinski definition) is 2. The summed E-state index contributed by atoms with van der Waals surface area (Å²) in [6.45, 7) is 1.78. The number of nitrogens with zero attached hydrogens (tertiary/aromatic N) is 2. The lowest BCUT2D eigenvalue weighted by Gasteiger charge is -2.36. The van der Waals surface area contributed by atoms with E-state index in [1.165, 1.54) is 12.8 Å². The number of hydrogen-bond acceptors (Lipinski definition) is 4. The van der Waals surface area contributed by atoms with Gasteiger partial charge in [-0.15, -0.1) is 0 Å². The highest BCUT2D eigenvalue weighted by molar-refractivity contribution is 5.94. The summed E-state index contributed by atoms with van der Waals surface area (Å²) < 4.78 is 7.08. The lowest BCUT2D eigenvalue weighted by atomic mass is 9.86. The molecule has 22 heavy (non-hydrogen) atoms. The Morgan fingerprint density at radius 1 is 1.41 bits per heavy atom. The van der Waals surface area contributed by atoms with E-state index < -0.39 is 11.5 Å². The molecular formula is C15H21N3O4. The van der Waals surface area contributed by atoms with Crippen LogP contribution in [-0.4, -0.2) is 45.5 Å². The molecule has 1 amide bonds. The van der Waals surface area contributed by atoms with E-state index in [9.17, 15) is 9.59 Å². The second kappa shape index (κ2) is 6.08. The van der Waals surface area contributed by atoms with Crippen LogP contribution in [0.15, 0.2) is 12.4 Å². The van der Waals surface area contributed by atoms with E-state index in [0.717, 1.165) is 6.54 Å². The maximum atomic E-state index is 12.4. The van der Waals surface area contributed by atoms with E-state index in [1.54, 1.807) is 17.1 Å². The third-order valence-electron chi connectivity index (χ3n) is 4.36. The maximum absolute atomic E-state index is 12.4.